The van der Waals surface area contributed by atoms with Gasteiger partial charge in [0.05, 0.1) is 11.0 Å². The molecule has 0 amide bonds. The van der Waals surface area contributed by atoms with Crippen molar-refractivity contribution in [1.29, 1.82) is 0 Å². The molecule has 20 heavy (non-hydrogen) atoms. The first-order valence-corrected chi connectivity index (χ1v) is 7.22. The lowest BCUT2D eigenvalue weighted by atomic mass is 9.98. The molecule has 0 unspecified atom stereocenters. The van der Waals surface area contributed by atoms with Gasteiger partial charge >= 0.3 is 5.69 Å². The van der Waals surface area contributed by atoms with Crippen LogP contribution in [0.4, 0.5) is 11.5 Å². The zero-order valence-electron chi connectivity index (χ0n) is 11.6. The number of anilines is 1. The Bertz CT molecular complexity index is 433. The lowest BCUT2D eigenvalue weighted by Crippen LogP contribution is -2.18. The maximum atomic E-state index is 10.8. The van der Waals surface area contributed by atoms with E-state index in [-0.39, 0.29) is 5.69 Å². The Balaban J connectivity index is 1.67. The molecular weight excluding hydrogens is 258 g/mol. The lowest BCUT2D eigenvalue weighted by Gasteiger charge is -2.21. The molecule has 1 aromatic rings. The van der Waals surface area contributed by atoms with E-state index in [4.69, 9.17) is 4.74 Å². The lowest BCUT2D eigenvalue weighted by molar-refractivity contribution is -0.384. The largest absolute Gasteiger partial charge is 0.378 e. The van der Waals surface area contributed by atoms with Crippen LogP contribution < -0.4 is 5.32 Å². The normalized spacial score (nSPS) is 16.0. The van der Waals surface area contributed by atoms with Crippen LogP contribution in [-0.4, -0.2) is 29.2 Å². The number of ether oxygens (including phenoxy) is 1. The Morgan fingerprint density at radius 1 is 1.40 bits per heavy atom. The SMILES string of the molecule is O=[N+]([O-])c1cccnc1NCCCOC1CCCCC1. The highest BCUT2D eigenvalue weighted by molar-refractivity contribution is 5.54. The molecule has 6 heteroatoms. The van der Waals surface area contributed by atoms with Gasteiger partial charge in [-0.3, -0.25) is 10.1 Å². The molecule has 0 saturated heterocycles. The van der Waals surface area contributed by atoms with Gasteiger partial charge in [-0.05, 0) is 25.3 Å². The Hall–Kier alpha value is -1.69. The molecule has 1 fully saturated rings. The van der Waals surface area contributed by atoms with Gasteiger partial charge < -0.3 is 10.1 Å². The number of nitrogens with one attached hydrogen (secondary N) is 1. The van der Waals surface area contributed by atoms with E-state index in [1.165, 1.54) is 38.2 Å². The summed E-state index contributed by atoms with van der Waals surface area (Å²) in [4.78, 5) is 14.4. The molecule has 6 nitrogen and oxygen atoms in total. The van der Waals surface area contributed by atoms with Crippen molar-refractivity contribution in [2.24, 2.45) is 0 Å². The summed E-state index contributed by atoms with van der Waals surface area (Å²) >= 11 is 0. The van der Waals surface area contributed by atoms with Gasteiger partial charge in [-0.15, -0.1) is 0 Å². The fraction of sp³-hybridized carbons (Fsp3) is 0.643. The van der Waals surface area contributed by atoms with E-state index < -0.39 is 4.92 Å². The second kappa shape index (κ2) is 7.79. The van der Waals surface area contributed by atoms with Gasteiger partial charge in [0.25, 0.3) is 0 Å². The molecule has 1 aliphatic carbocycles. The molecule has 1 saturated carbocycles. The third-order valence-corrected chi connectivity index (χ3v) is 3.50. The van der Waals surface area contributed by atoms with Crippen LogP contribution in [0.15, 0.2) is 18.3 Å². The number of nitrogens with zero attached hydrogens (tertiary/aromatic N) is 2. The standard InChI is InChI=1S/C14H21N3O3/c18-17(19)13-8-4-9-15-14(13)16-10-5-11-20-12-6-2-1-3-7-12/h4,8-9,12H,1-3,5-7,10-11H2,(H,15,16). The van der Waals surface area contributed by atoms with Gasteiger partial charge in [-0.1, -0.05) is 19.3 Å². The summed E-state index contributed by atoms with van der Waals surface area (Å²) in [5.74, 6) is 0.329. The monoisotopic (exact) mass is 279 g/mol. The molecule has 0 atom stereocenters. The predicted octanol–water partition coefficient (Wildman–Crippen LogP) is 3.14. The van der Waals surface area contributed by atoms with Crippen LogP contribution in [0.2, 0.25) is 0 Å². The van der Waals surface area contributed by atoms with Crippen molar-refractivity contribution in [1.82, 2.24) is 4.98 Å². The zero-order chi connectivity index (χ0) is 14.2. The van der Waals surface area contributed by atoms with E-state index in [0.29, 0.717) is 25.1 Å². The molecule has 0 aliphatic heterocycles. The van der Waals surface area contributed by atoms with E-state index in [9.17, 15) is 10.1 Å². The Morgan fingerprint density at radius 2 is 2.20 bits per heavy atom. The minimum absolute atomic E-state index is 0.0145. The van der Waals surface area contributed by atoms with Gasteiger partial charge in [0.15, 0.2) is 0 Å². The third-order valence-electron chi connectivity index (χ3n) is 3.50. The van der Waals surface area contributed by atoms with E-state index >= 15 is 0 Å². The van der Waals surface area contributed by atoms with Crippen LogP contribution in [0.1, 0.15) is 38.5 Å². The first kappa shape index (κ1) is 14.7. The van der Waals surface area contributed by atoms with E-state index in [0.717, 1.165) is 6.42 Å². The summed E-state index contributed by atoms with van der Waals surface area (Å²) < 4.78 is 5.80. The Labute approximate surface area is 118 Å². The second-order valence-corrected chi connectivity index (χ2v) is 5.04. The van der Waals surface area contributed by atoms with Crippen LogP contribution in [0.25, 0.3) is 0 Å². The molecular formula is C14H21N3O3. The average Bonchev–Trinajstić information content (AvgIpc) is 2.48. The summed E-state index contributed by atoms with van der Waals surface area (Å²) in [5, 5.41) is 13.8. The second-order valence-electron chi connectivity index (χ2n) is 5.04. The van der Waals surface area contributed by atoms with Crippen molar-refractivity contribution >= 4 is 11.5 Å². The molecule has 0 aromatic carbocycles. The molecule has 0 bridgehead atoms. The van der Waals surface area contributed by atoms with Crippen LogP contribution in [0.5, 0.6) is 0 Å². The van der Waals surface area contributed by atoms with Gasteiger partial charge in [-0.2, -0.15) is 0 Å². The summed E-state index contributed by atoms with van der Waals surface area (Å²) in [6.07, 6.45) is 8.97. The van der Waals surface area contributed by atoms with Gasteiger partial charge in [-0.25, -0.2) is 4.98 Å². The zero-order valence-corrected chi connectivity index (χ0v) is 11.6. The average molecular weight is 279 g/mol. The molecule has 1 heterocycles. The predicted molar refractivity (Wildman–Crippen MR) is 76.8 cm³/mol. The van der Waals surface area contributed by atoms with Gasteiger partial charge in [0.2, 0.25) is 5.82 Å². The highest BCUT2D eigenvalue weighted by Crippen LogP contribution is 2.21. The van der Waals surface area contributed by atoms with E-state index in [1.807, 2.05) is 0 Å². The molecule has 0 radical (unpaired) electrons. The highest BCUT2D eigenvalue weighted by atomic mass is 16.6. The third kappa shape index (κ3) is 4.45. The highest BCUT2D eigenvalue weighted by Gasteiger charge is 2.14. The molecule has 0 spiro atoms. The van der Waals surface area contributed by atoms with Crippen molar-refractivity contribution in [3.63, 3.8) is 0 Å². The number of nitro groups is 1. The molecule has 110 valence electrons. The number of pyridine rings is 1. The van der Waals surface area contributed by atoms with Gasteiger partial charge in [0.1, 0.15) is 0 Å². The topological polar surface area (TPSA) is 77.3 Å². The van der Waals surface area contributed by atoms with E-state index in [1.54, 1.807) is 12.3 Å². The van der Waals surface area contributed by atoms with Gasteiger partial charge in [0, 0.05) is 25.4 Å². The van der Waals surface area contributed by atoms with Crippen molar-refractivity contribution in [3.8, 4) is 0 Å². The van der Waals surface area contributed by atoms with Crippen LogP contribution in [0, 0.1) is 10.1 Å². The number of aromatic nitrogens is 1. The maximum Gasteiger partial charge on any atom is 0.311 e. The summed E-state index contributed by atoms with van der Waals surface area (Å²) in [6.45, 7) is 1.32. The Morgan fingerprint density at radius 3 is 2.95 bits per heavy atom. The minimum atomic E-state index is -0.423. The van der Waals surface area contributed by atoms with Crippen molar-refractivity contribution in [2.45, 2.75) is 44.6 Å². The van der Waals surface area contributed by atoms with Crippen LogP contribution >= 0.6 is 0 Å². The maximum absolute atomic E-state index is 10.8. The Kier molecular flexibility index (Phi) is 5.73. The number of rotatable bonds is 7. The summed E-state index contributed by atoms with van der Waals surface area (Å²) in [5.41, 5.74) is 0.0145. The first-order chi connectivity index (χ1) is 9.77. The summed E-state index contributed by atoms with van der Waals surface area (Å²) in [7, 11) is 0. The van der Waals surface area contributed by atoms with Crippen LogP contribution in [0.3, 0.4) is 0 Å². The van der Waals surface area contributed by atoms with Crippen molar-refractivity contribution < 1.29 is 9.66 Å². The molecule has 1 aliphatic rings. The van der Waals surface area contributed by atoms with Crippen LogP contribution in [-0.2, 0) is 4.74 Å². The number of hydrogen-bond donors (Lipinski definition) is 1. The quantitative estimate of drug-likeness (QED) is 0.471. The molecule has 2 rings (SSSR count). The first-order valence-electron chi connectivity index (χ1n) is 7.22. The number of hydrogen-bond acceptors (Lipinski definition) is 5. The van der Waals surface area contributed by atoms with Crippen molar-refractivity contribution in [2.75, 3.05) is 18.5 Å². The fourth-order valence-corrected chi connectivity index (χ4v) is 2.44. The molecule has 1 aromatic heterocycles. The molecule has 1 N–H and O–H groups in total. The summed E-state index contributed by atoms with van der Waals surface area (Å²) in [6, 6.07) is 3.02. The van der Waals surface area contributed by atoms with E-state index in [2.05, 4.69) is 10.3 Å². The van der Waals surface area contributed by atoms with Crippen molar-refractivity contribution in [3.05, 3.63) is 28.4 Å². The smallest absolute Gasteiger partial charge is 0.311 e. The fourth-order valence-electron chi connectivity index (χ4n) is 2.44. The minimum Gasteiger partial charge on any atom is -0.378 e.